The molecule has 2 aromatic rings. The summed E-state index contributed by atoms with van der Waals surface area (Å²) >= 11 is 1.56. The molecule has 5 heteroatoms. The predicted octanol–water partition coefficient (Wildman–Crippen LogP) is 3.64. The van der Waals surface area contributed by atoms with Gasteiger partial charge in [0.1, 0.15) is 0 Å². The molecule has 1 amide bonds. The van der Waals surface area contributed by atoms with Gasteiger partial charge in [-0.15, -0.1) is 11.8 Å². The molecule has 0 aromatic heterocycles. The van der Waals surface area contributed by atoms with Crippen LogP contribution in [0.3, 0.4) is 0 Å². The number of rotatable bonds is 5. The first-order valence-corrected chi connectivity index (χ1v) is 9.06. The lowest BCUT2D eigenvalue weighted by Gasteiger charge is -2.28. The molecule has 1 saturated heterocycles. The average Bonchev–Trinajstić information content (AvgIpc) is 2.64. The second-order valence-electron chi connectivity index (χ2n) is 5.71. The molecule has 1 heterocycles. The second-order valence-corrected chi connectivity index (χ2v) is 7.12. The zero-order chi connectivity index (χ0) is 16.8. The van der Waals surface area contributed by atoms with Crippen LogP contribution in [0.2, 0.25) is 0 Å². The van der Waals surface area contributed by atoms with Crippen LogP contribution in [0.15, 0.2) is 59.5 Å². The summed E-state index contributed by atoms with van der Waals surface area (Å²) in [6, 6.07) is 18.0. The maximum atomic E-state index is 12.3. The normalized spacial score (nSPS) is 15.8. The van der Waals surface area contributed by atoms with E-state index in [4.69, 9.17) is 4.74 Å². The van der Waals surface area contributed by atoms with Gasteiger partial charge < -0.3 is 15.0 Å². The Hall–Kier alpha value is -1.98. The van der Waals surface area contributed by atoms with Gasteiger partial charge in [0, 0.05) is 29.4 Å². The van der Waals surface area contributed by atoms with Crippen LogP contribution in [0.4, 0.5) is 11.4 Å². The van der Waals surface area contributed by atoms with Gasteiger partial charge in [-0.05, 0) is 43.3 Å². The second kappa shape index (κ2) is 8.22. The van der Waals surface area contributed by atoms with Crippen molar-refractivity contribution in [3.8, 4) is 0 Å². The summed E-state index contributed by atoms with van der Waals surface area (Å²) in [6.07, 6.45) is 0. The van der Waals surface area contributed by atoms with E-state index in [0.717, 1.165) is 36.9 Å². The molecule has 0 spiro atoms. The molecule has 1 aliphatic rings. The first-order valence-electron chi connectivity index (χ1n) is 8.18. The average molecular weight is 342 g/mol. The Labute approximate surface area is 147 Å². The van der Waals surface area contributed by atoms with Crippen LogP contribution in [0.5, 0.6) is 0 Å². The third kappa shape index (κ3) is 4.52. The number of thioether (sulfide) groups is 1. The van der Waals surface area contributed by atoms with E-state index in [2.05, 4.69) is 22.3 Å². The SMILES string of the molecule is C[C@H](Sc1ccccc1)C(=O)Nc1ccc(N2CCOCC2)cc1. The van der Waals surface area contributed by atoms with E-state index >= 15 is 0 Å². The highest BCUT2D eigenvalue weighted by molar-refractivity contribution is 8.00. The van der Waals surface area contributed by atoms with Crippen LogP contribution in [0.25, 0.3) is 0 Å². The van der Waals surface area contributed by atoms with Gasteiger partial charge in [-0.3, -0.25) is 4.79 Å². The topological polar surface area (TPSA) is 41.6 Å². The number of hydrogen-bond acceptors (Lipinski definition) is 4. The molecule has 2 aromatic carbocycles. The fourth-order valence-electron chi connectivity index (χ4n) is 2.58. The molecule has 0 aliphatic carbocycles. The van der Waals surface area contributed by atoms with Crippen molar-refractivity contribution >= 4 is 29.0 Å². The molecule has 1 aliphatic heterocycles. The van der Waals surface area contributed by atoms with Crippen molar-refractivity contribution < 1.29 is 9.53 Å². The number of ether oxygens (including phenoxy) is 1. The molecule has 24 heavy (non-hydrogen) atoms. The van der Waals surface area contributed by atoms with E-state index < -0.39 is 0 Å². The van der Waals surface area contributed by atoms with Gasteiger partial charge in [-0.25, -0.2) is 0 Å². The highest BCUT2D eigenvalue weighted by atomic mass is 32.2. The molecule has 1 atom stereocenters. The molecular weight excluding hydrogens is 320 g/mol. The van der Waals surface area contributed by atoms with E-state index in [9.17, 15) is 4.79 Å². The molecule has 0 saturated carbocycles. The van der Waals surface area contributed by atoms with Crippen LogP contribution in [-0.4, -0.2) is 37.5 Å². The highest BCUT2D eigenvalue weighted by Gasteiger charge is 2.15. The fraction of sp³-hybridized carbons (Fsp3) is 0.316. The fourth-order valence-corrected chi connectivity index (χ4v) is 3.47. The van der Waals surface area contributed by atoms with Gasteiger partial charge in [-0.1, -0.05) is 18.2 Å². The lowest BCUT2D eigenvalue weighted by molar-refractivity contribution is -0.115. The molecule has 0 bridgehead atoms. The number of nitrogens with zero attached hydrogens (tertiary/aromatic N) is 1. The van der Waals surface area contributed by atoms with Gasteiger partial charge in [0.2, 0.25) is 5.91 Å². The van der Waals surface area contributed by atoms with Crippen LogP contribution >= 0.6 is 11.8 Å². The van der Waals surface area contributed by atoms with Gasteiger partial charge in [-0.2, -0.15) is 0 Å². The minimum absolute atomic E-state index is 0.0166. The third-order valence-electron chi connectivity index (χ3n) is 3.94. The summed E-state index contributed by atoms with van der Waals surface area (Å²) in [6.45, 7) is 5.29. The number of nitrogens with one attached hydrogen (secondary N) is 1. The van der Waals surface area contributed by atoms with Gasteiger partial charge >= 0.3 is 0 Å². The van der Waals surface area contributed by atoms with Crippen molar-refractivity contribution in [1.29, 1.82) is 0 Å². The Morgan fingerprint density at radius 3 is 2.42 bits per heavy atom. The number of benzene rings is 2. The highest BCUT2D eigenvalue weighted by Crippen LogP contribution is 2.24. The third-order valence-corrected chi connectivity index (χ3v) is 5.05. The van der Waals surface area contributed by atoms with Crippen molar-refractivity contribution in [1.82, 2.24) is 0 Å². The molecule has 1 N–H and O–H groups in total. The largest absolute Gasteiger partial charge is 0.378 e. The molecule has 3 rings (SSSR count). The zero-order valence-electron chi connectivity index (χ0n) is 13.8. The molecule has 0 radical (unpaired) electrons. The van der Waals surface area contributed by atoms with Gasteiger partial charge in [0.15, 0.2) is 0 Å². The van der Waals surface area contributed by atoms with Crippen LogP contribution < -0.4 is 10.2 Å². The molecule has 126 valence electrons. The summed E-state index contributed by atoms with van der Waals surface area (Å²) in [4.78, 5) is 15.7. The lowest BCUT2D eigenvalue weighted by atomic mass is 10.2. The van der Waals surface area contributed by atoms with Crippen LogP contribution in [0, 0.1) is 0 Å². The molecule has 0 unspecified atom stereocenters. The summed E-state index contributed by atoms with van der Waals surface area (Å²) in [5, 5.41) is 2.84. The Balaban J connectivity index is 1.55. The Morgan fingerprint density at radius 1 is 1.08 bits per heavy atom. The van der Waals surface area contributed by atoms with E-state index in [1.165, 1.54) is 5.69 Å². The number of morpholine rings is 1. The standard InChI is InChI=1S/C19H22N2O2S/c1-15(24-18-5-3-2-4-6-18)19(22)20-16-7-9-17(10-8-16)21-11-13-23-14-12-21/h2-10,15H,11-14H2,1H3,(H,20,22)/t15-/m0/s1. The van der Waals surface area contributed by atoms with Crippen molar-refractivity contribution in [3.63, 3.8) is 0 Å². The monoisotopic (exact) mass is 342 g/mol. The quantitative estimate of drug-likeness (QED) is 0.842. The minimum Gasteiger partial charge on any atom is -0.378 e. The predicted molar refractivity (Wildman–Crippen MR) is 99.9 cm³/mol. The molecular formula is C19H22N2O2S. The Kier molecular flexibility index (Phi) is 5.77. The minimum atomic E-state index is -0.147. The number of anilines is 2. The van der Waals surface area contributed by atoms with E-state index in [1.807, 2.05) is 49.4 Å². The maximum absolute atomic E-state index is 12.3. The van der Waals surface area contributed by atoms with Crippen molar-refractivity contribution in [2.45, 2.75) is 17.1 Å². The molecule has 1 fully saturated rings. The van der Waals surface area contributed by atoms with E-state index in [0.29, 0.717) is 0 Å². The van der Waals surface area contributed by atoms with E-state index in [-0.39, 0.29) is 11.2 Å². The summed E-state index contributed by atoms with van der Waals surface area (Å²) in [5.74, 6) is 0.0166. The van der Waals surface area contributed by atoms with Crippen LogP contribution in [0.1, 0.15) is 6.92 Å². The Bertz CT molecular complexity index is 655. The molecule has 4 nitrogen and oxygen atoms in total. The first kappa shape index (κ1) is 16.9. The van der Waals surface area contributed by atoms with Crippen LogP contribution in [-0.2, 0) is 9.53 Å². The van der Waals surface area contributed by atoms with Gasteiger partial charge in [0.05, 0.1) is 18.5 Å². The Morgan fingerprint density at radius 2 is 1.75 bits per heavy atom. The first-order chi connectivity index (χ1) is 11.7. The van der Waals surface area contributed by atoms with Crippen molar-refractivity contribution in [2.75, 3.05) is 36.5 Å². The number of carbonyl (C=O) groups is 1. The summed E-state index contributed by atoms with van der Waals surface area (Å²) in [5.41, 5.74) is 2.00. The number of amides is 1. The maximum Gasteiger partial charge on any atom is 0.237 e. The van der Waals surface area contributed by atoms with Gasteiger partial charge in [0.25, 0.3) is 0 Å². The van der Waals surface area contributed by atoms with Crippen molar-refractivity contribution in [3.05, 3.63) is 54.6 Å². The van der Waals surface area contributed by atoms with E-state index in [1.54, 1.807) is 11.8 Å². The number of hydrogen-bond donors (Lipinski definition) is 1. The lowest BCUT2D eigenvalue weighted by Crippen LogP contribution is -2.36. The number of carbonyl (C=O) groups excluding carboxylic acids is 1. The zero-order valence-corrected chi connectivity index (χ0v) is 14.6. The van der Waals surface area contributed by atoms with Crippen molar-refractivity contribution in [2.24, 2.45) is 0 Å². The summed E-state index contributed by atoms with van der Waals surface area (Å²) in [7, 11) is 0. The smallest absolute Gasteiger partial charge is 0.237 e. The summed E-state index contributed by atoms with van der Waals surface area (Å²) < 4.78 is 5.37.